The lowest BCUT2D eigenvalue weighted by Gasteiger charge is -2.06. The van der Waals surface area contributed by atoms with E-state index in [1.807, 2.05) is 0 Å². The van der Waals surface area contributed by atoms with E-state index in [4.69, 9.17) is 10.2 Å². The van der Waals surface area contributed by atoms with E-state index in [1.54, 1.807) is 11.8 Å². The average Bonchev–Trinajstić information content (AvgIpc) is 2.43. The van der Waals surface area contributed by atoms with E-state index in [9.17, 15) is 0 Å². The van der Waals surface area contributed by atoms with Crippen LogP contribution < -0.4 is 0 Å². The minimum absolute atomic E-state index is 0.106. The molecular weight excluding hydrogens is 256 g/mol. The van der Waals surface area contributed by atoms with Gasteiger partial charge in [0.15, 0.2) is 0 Å². The summed E-state index contributed by atoms with van der Waals surface area (Å²) in [7, 11) is 0. The number of unbranched alkanes of at least 4 members (excludes halogenated alkanes) is 10. The molecule has 0 saturated heterocycles. The molecule has 1 atom stereocenters. The van der Waals surface area contributed by atoms with Gasteiger partial charge in [-0.25, -0.2) is 0 Å². The Morgan fingerprint density at radius 1 is 0.789 bits per heavy atom. The molecule has 0 aliphatic carbocycles. The Morgan fingerprint density at radius 3 is 1.74 bits per heavy atom. The van der Waals surface area contributed by atoms with Crippen molar-refractivity contribution in [2.24, 2.45) is 0 Å². The maximum Gasteiger partial charge on any atom is 0.0861 e. The Morgan fingerprint density at radius 2 is 1.26 bits per heavy atom. The van der Waals surface area contributed by atoms with Crippen LogP contribution in [0.25, 0.3) is 0 Å². The summed E-state index contributed by atoms with van der Waals surface area (Å²) in [6.07, 6.45) is 14.6. The molecule has 116 valence electrons. The van der Waals surface area contributed by atoms with Gasteiger partial charge in [-0.3, -0.25) is 0 Å². The molecule has 2 nitrogen and oxygen atoms in total. The van der Waals surface area contributed by atoms with Crippen LogP contribution in [0.4, 0.5) is 0 Å². The molecule has 0 aromatic rings. The molecule has 1 unspecified atom stereocenters. The minimum Gasteiger partial charge on any atom is -0.394 e. The molecule has 3 heteroatoms. The summed E-state index contributed by atoms with van der Waals surface area (Å²) in [5.41, 5.74) is 0. The van der Waals surface area contributed by atoms with Crippen LogP contribution in [-0.4, -0.2) is 34.4 Å². The summed E-state index contributed by atoms with van der Waals surface area (Å²) in [5, 5.41) is 17.8. The normalized spacial score (nSPS) is 12.8. The van der Waals surface area contributed by atoms with Gasteiger partial charge in [0.2, 0.25) is 0 Å². The lowest BCUT2D eigenvalue weighted by Crippen LogP contribution is -2.14. The van der Waals surface area contributed by atoms with Crippen LogP contribution in [0.15, 0.2) is 0 Å². The van der Waals surface area contributed by atoms with E-state index in [0.29, 0.717) is 5.75 Å². The molecule has 2 N–H and O–H groups in total. The second-order valence-corrected chi connectivity index (χ2v) is 6.60. The molecule has 0 aromatic carbocycles. The molecule has 19 heavy (non-hydrogen) atoms. The van der Waals surface area contributed by atoms with Crippen molar-refractivity contribution in [2.45, 2.75) is 83.7 Å². The summed E-state index contributed by atoms with van der Waals surface area (Å²) in [4.78, 5) is 0. The van der Waals surface area contributed by atoms with E-state index in [2.05, 4.69) is 6.92 Å². The quantitative estimate of drug-likeness (QED) is 0.440. The van der Waals surface area contributed by atoms with Crippen molar-refractivity contribution in [3.05, 3.63) is 0 Å². The van der Waals surface area contributed by atoms with Gasteiger partial charge in [0.25, 0.3) is 0 Å². The fraction of sp³-hybridized carbons (Fsp3) is 1.00. The first-order valence-corrected chi connectivity index (χ1v) is 9.33. The zero-order chi connectivity index (χ0) is 14.2. The molecule has 0 bridgehead atoms. The van der Waals surface area contributed by atoms with Gasteiger partial charge in [0, 0.05) is 5.75 Å². The highest BCUT2D eigenvalue weighted by atomic mass is 32.2. The fourth-order valence-corrected chi connectivity index (χ4v) is 3.09. The van der Waals surface area contributed by atoms with E-state index in [1.165, 1.54) is 70.6 Å². The van der Waals surface area contributed by atoms with Crippen LogP contribution in [0.3, 0.4) is 0 Å². The van der Waals surface area contributed by atoms with Crippen LogP contribution in [0.1, 0.15) is 77.6 Å². The van der Waals surface area contributed by atoms with Gasteiger partial charge in [-0.1, -0.05) is 71.1 Å². The van der Waals surface area contributed by atoms with Crippen molar-refractivity contribution in [1.29, 1.82) is 0 Å². The van der Waals surface area contributed by atoms with Crippen LogP contribution in [0.2, 0.25) is 0 Å². The van der Waals surface area contributed by atoms with Gasteiger partial charge >= 0.3 is 0 Å². The zero-order valence-corrected chi connectivity index (χ0v) is 13.6. The Bertz CT molecular complexity index is 165. The number of hydrogen-bond donors (Lipinski definition) is 2. The molecule has 0 rings (SSSR count). The summed E-state index contributed by atoms with van der Waals surface area (Å²) in [6.45, 7) is 2.16. The van der Waals surface area contributed by atoms with Crippen molar-refractivity contribution < 1.29 is 10.2 Å². The number of hydrogen-bond acceptors (Lipinski definition) is 3. The minimum atomic E-state index is -0.530. The van der Waals surface area contributed by atoms with Gasteiger partial charge in [0.1, 0.15) is 0 Å². The molecule has 0 spiro atoms. The van der Waals surface area contributed by atoms with Gasteiger partial charge in [-0.2, -0.15) is 11.8 Å². The Kier molecular flexibility index (Phi) is 16.6. The maximum atomic E-state index is 9.16. The topological polar surface area (TPSA) is 40.5 Å². The molecule has 0 amide bonds. The monoisotopic (exact) mass is 290 g/mol. The van der Waals surface area contributed by atoms with E-state index >= 15 is 0 Å². The molecule has 0 aromatic heterocycles. The summed E-state index contributed by atoms with van der Waals surface area (Å²) in [5.74, 6) is 1.79. The molecule has 0 radical (unpaired) electrons. The highest BCUT2D eigenvalue weighted by Gasteiger charge is 2.00. The average molecular weight is 291 g/mol. The van der Waals surface area contributed by atoms with E-state index in [0.717, 1.165) is 5.75 Å². The van der Waals surface area contributed by atoms with Crippen molar-refractivity contribution in [1.82, 2.24) is 0 Å². The van der Waals surface area contributed by atoms with Gasteiger partial charge in [-0.15, -0.1) is 0 Å². The van der Waals surface area contributed by atoms with E-state index < -0.39 is 6.10 Å². The number of aliphatic hydroxyl groups excluding tert-OH is 2. The second kappa shape index (κ2) is 16.3. The number of rotatable bonds is 15. The standard InChI is InChI=1S/C16H34O2S/c1-2-3-4-5-6-7-8-9-10-11-12-13-19-15-16(18)14-17/h16-18H,2-15H2,1H3. The first-order chi connectivity index (χ1) is 9.31. The summed E-state index contributed by atoms with van der Waals surface area (Å²) >= 11 is 1.76. The highest BCUT2D eigenvalue weighted by Crippen LogP contribution is 2.13. The first-order valence-electron chi connectivity index (χ1n) is 8.18. The lowest BCUT2D eigenvalue weighted by atomic mass is 10.1. The maximum absolute atomic E-state index is 9.16. The van der Waals surface area contributed by atoms with E-state index in [-0.39, 0.29) is 6.61 Å². The molecule has 0 aliphatic rings. The summed E-state index contributed by atoms with van der Waals surface area (Å²) in [6, 6.07) is 0. The fourth-order valence-electron chi connectivity index (χ4n) is 2.14. The predicted molar refractivity (Wildman–Crippen MR) is 86.9 cm³/mol. The third kappa shape index (κ3) is 16.2. The smallest absolute Gasteiger partial charge is 0.0861 e. The molecule has 0 saturated carbocycles. The van der Waals surface area contributed by atoms with Crippen LogP contribution in [-0.2, 0) is 0 Å². The van der Waals surface area contributed by atoms with Crippen molar-refractivity contribution in [3.63, 3.8) is 0 Å². The van der Waals surface area contributed by atoms with Gasteiger partial charge in [0.05, 0.1) is 12.7 Å². The number of thioether (sulfide) groups is 1. The largest absolute Gasteiger partial charge is 0.394 e. The highest BCUT2D eigenvalue weighted by molar-refractivity contribution is 7.99. The van der Waals surface area contributed by atoms with Crippen LogP contribution >= 0.6 is 11.8 Å². The first kappa shape index (κ1) is 19.3. The third-order valence-corrected chi connectivity index (χ3v) is 4.61. The number of aliphatic hydroxyl groups is 2. The van der Waals surface area contributed by atoms with Gasteiger partial charge < -0.3 is 10.2 Å². The van der Waals surface area contributed by atoms with Gasteiger partial charge in [-0.05, 0) is 12.2 Å². The molecule has 0 heterocycles. The van der Waals surface area contributed by atoms with Crippen LogP contribution in [0.5, 0.6) is 0 Å². The summed E-state index contributed by atoms with van der Waals surface area (Å²) < 4.78 is 0. The van der Waals surface area contributed by atoms with Crippen molar-refractivity contribution in [2.75, 3.05) is 18.1 Å². The van der Waals surface area contributed by atoms with Crippen molar-refractivity contribution >= 4 is 11.8 Å². The Hall–Kier alpha value is 0.270. The van der Waals surface area contributed by atoms with Crippen LogP contribution in [0, 0.1) is 0 Å². The Labute approximate surface area is 124 Å². The molecule has 0 aliphatic heterocycles. The lowest BCUT2D eigenvalue weighted by molar-refractivity contribution is 0.113. The Balaban J connectivity index is 2.95. The van der Waals surface area contributed by atoms with Crippen molar-refractivity contribution in [3.8, 4) is 0 Å². The predicted octanol–water partition coefficient (Wildman–Crippen LogP) is 4.38. The third-order valence-electron chi connectivity index (χ3n) is 3.41. The zero-order valence-electron chi connectivity index (χ0n) is 12.8. The molecular formula is C16H34O2S. The second-order valence-electron chi connectivity index (χ2n) is 5.45. The SMILES string of the molecule is CCCCCCCCCCCCCSCC(O)CO. The molecule has 0 fully saturated rings.